The van der Waals surface area contributed by atoms with Gasteiger partial charge in [-0.2, -0.15) is 0 Å². The predicted molar refractivity (Wildman–Crippen MR) is 68.5 cm³/mol. The monoisotopic (exact) mass is 246 g/mol. The summed E-state index contributed by atoms with van der Waals surface area (Å²) >= 11 is 0. The largest absolute Gasteiger partial charge is 0.457 e. The topological polar surface area (TPSA) is 43.4 Å². The standard InChI is InChI=1S/C15H18O3/c1-9-4-5-12(6-10(9)2)14(16)8-18-15(17)13-7-11(13)3/h4-6,11,13H,7-8H2,1-3H3. The number of aryl methyl sites for hydroxylation is 2. The van der Waals surface area contributed by atoms with Gasteiger partial charge in [0.25, 0.3) is 0 Å². The highest BCUT2D eigenvalue weighted by molar-refractivity contribution is 5.98. The highest BCUT2D eigenvalue weighted by Gasteiger charge is 2.40. The Hall–Kier alpha value is -1.64. The fraction of sp³-hybridized carbons (Fsp3) is 0.467. The van der Waals surface area contributed by atoms with E-state index in [9.17, 15) is 9.59 Å². The van der Waals surface area contributed by atoms with Crippen LogP contribution in [0, 0.1) is 25.7 Å². The first kappa shape index (κ1) is 12.8. The summed E-state index contributed by atoms with van der Waals surface area (Å²) in [5, 5.41) is 0. The van der Waals surface area contributed by atoms with E-state index in [2.05, 4.69) is 0 Å². The molecule has 1 aromatic carbocycles. The summed E-state index contributed by atoms with van der Waals surface area (Å²) in [6.07, 6.45) is 0.886. The third-order valence-corrected chi connectivity index (χ3v) is 3.59. The number of ether oxygens (including phenoxy) is 1. The Morgan fingerprint density at radius 2 is 1.94 bits per heavy atom. The van der Waals surface area contributed by atoms with Crippen LogP contribution in [0.15, 0.2) is 18.2 Å². The Morgan fingerprint density at radius 1 is 1.28 bits per heavy atom. The normalized spacial score (nSPS) is 21.5. The van der Waals surface area contributed by atoms with Gasteiger partial charge in [-0.05, 0) is 43.4 Å². The molecular formula is C15H18O3. The maximum absolute atomic E-state index is 11.9. The van der Waals surface area contributed by atoms with Gasteiger partial charge >= 0.3 is 5.97 Å². The maximum Gasteiger partial charge on any atom is 0.309 e. The molecule has 1 aliphatic carbocycles. The number of hydrogen-bond donors (Lipinski definition) is 0. The van der Waals surface area contributed by atoms with Gasteiger partial charge in [-0.3, -0.25) is 9.59 Å². The molecule has 1 aromatic rings. The van der Waals surface area contributed by atoms with Gasteiger partial charge in [0.05, 0.1) is 5.92 Å². The van der Waals surface area contributed by atoms with E-state index in [1.54, 1.807) is 6.07 Å². The first-order chi connectivity index (χ1) is 8.49. The molecule has 0 bridgehead atoms. The zero-order valence-corrected chi connectivity index (χ0v) is 11.0. The SMILES string of the molecule is Cc1ccc(C(=O)COC(=O)C2CC2C)cc1C. The summed E-state index contributed by atoms with van der Waals surface area (Å²) in [6.45, 7) is 5.82. The van der Waals surface area contributed by atoms with Crippen molar-refractivity contribution >= 4 is 11.8 Å². The first-order valence-corrected chi connectivity index (χ1v) is 6.26. The van der Waals surface area contributed by atoms with E-state index < -0.39 is 0 Å². The van der Waals surface area contributed by atoms with Gasteiger partial charge in [-0.15, -0.1) is 0 Å². The minimum atomic E-state index is -0.236. The summed E-state index contributed by atoms with van der Waals surface area (Å²) in [4.78, 5) is 23.4. The molecule has 0 aliphatic heterocycles. The van der Waals surface area contributed by atoms with Crippen LogP contribution in [-0.4, -0.2) is 18.4 Å². The summed E-state index contributed by atoms with van der Waals surface area (Å²) in [5.41, 5.74) is 2.83. The van der Waals surface area contributed by atoms with Crippen LogP contribution in [0.5, 0.6) is 0 Å². The minimum absolute atomic E-state index is 0.0116. The average Bonchev–Trinajstić information content (AvgIpc) is 3.06. The molecule has 0 amide bonds. The average molecular weight is 246 g/mol. The molecule has 0 N–H and O–H groups in total. The number of Topliss-reactive ketones (excluding diaryl/α,β-unsaturated/α-hetero) is 1. The predicted octanol–water partition coefficient (Wildman–Crippen LogP) is 2.69. The number of carbonyl (C=O) groups excluding carboxylic acids is 2. The highest BCUT2D eigenvalue weighted by atomic mass is 16.5. The second kappa shape index (κ2) is 4.92. The van der Waals surface area contributed by atoms with Crippen molar-refractivity contribution in [1.29, 1.82) is 0 Å². The van der Waals surface area contributed by atoms with E-state index in [0.29, 0.717) is 11.5 Å². The van der Waals surface area contributed by atoms with Crippen LogP contribution in [-0.2, 0) is 9.53 Å². The Kier molecular flexibility index (Phi) is 3.50. The second-order valence-corrected chi connectivity index (χ2v) is 5.15. The van der Waals surface area contributed by atoms with Crippen molar-refractivity contribution in [2.45, 2.75) is 27.2 Å². The Balaban J connectivity index is 1.91. The van der Waals surface area contributed by atoms with Crippen molar-refractivity contribution in [3.8, 4) is 0 Å². The molecule has 96 valence electrons. The lowest BCUT2D eigenvalue weighted by molar-refractivity contribution is -0.144. The summed E-state index contributed by atoms with van der Waals surface area (Å²) in [7, 11) is 0. The van der Waals surface area contributed by atoms with Crippen LogP contribution in [0.3, 0.4) is 0 Å². The molecule has 0 aromatic heterocycles. The van der Waals surface area contributed by atoms with E-state index in [0.717, 1.165) is 17.5 Å². The summed E-state index contributed by atoms with van der Waals surface area (Å²) in [5.74, 6) is 0.0474. The molecule has 0 radical (unpaired) electrons. The number of hydrogen-bond acceptors (Lipinski definition) is 3. The smallest absolute Gasteiger partial charge is 0.309 e. The quantitative estimate of drug-likeness (QED) is 0.606. The van der Waals surface area contributed by atoms with Crippen LogP contribution in [0.1, 0.15) is 34.8 Å². The van der Waals surface area contributed by atoms with Gasteiger partial charge in [0.15, 0.2) is 12.4 Å². The first-order valence-electron chi connectivity index (χ1n) is 6.26. The lowest BCUT2D eigenvalue weighted by atomic mass is 10.0. The van der Waals surface area contributed by atoms with E-state index in [1.807, 2.05) is 32.9 Å². The minimum Gasteiger partial charge on any atom is -0.457 e. The van der Waals surface area contributed by atoms with Gasteiger partial charge in [0.1, 0.15) is 0 Å². The summed E-state index contributed by atoms with van der Waals surface area (Å²) < 4.78 is 5.03. The lowest BCUT2D eigenvalue weighted by Crippen LogP contribution is -2.15. The van der Waals surface area contributed by atoms with Crippen molar-refractivity contribution in [2.75, 3.05) is 6.61 Å². The van der Waals surface area contributed by atoms with Crippen LogP contribution < -0.4 is 0 Å². The van der Waals surface area contributed by atoms with Gasteiger partial charge < -0.3 is 4.74 Å². The molecule has 1 fully saturated rings. The molecule has 3 nitrogen and oxygen atoms in total. The molecule has 18 heavy (non-hydrogen) atoms. The molecular weight excluding hydrogens is 228 g/mol. The van der Waals surface area contributed by atoms with Crippen LogP contribution in [0.25, 0.3) is 0 Å². The fourth-order valence-corrected chi connectivity index (χ4v) is 1.89. The van der Waals surface area contributed by atoms with Crippen molar-refractivity contribution < 1.29 is 14.3 Å². The van der Waals surface area contributed by atoms with Crippen molar-refractivity contribution in [3.63, 3.8) is 0 Å². The third kappa shape index (κ3) is 2.78. The third-order valence-electron chi connectivity index (χ3n) is 3.59. The van der Waals surface area contributed by atoms with Crippen LogP contribution in [0.4, 0.5) is 0 Å². The highest BCUT2D eigenvalue weighted by Crippen LogP contribution is 2.38. The van der Waals surface area contributed by atoms with Gasteiger partial charge in [0, 0.05) is 5.56 Å². The van der Waals surface area contributed by atoms with Crippen LogP contribution in [0.2, 0.25) is 0 Å². The Labute approximate surface area is 107 Å². The Bertz CT molecular complexity index is 491. The van der Waals surface area contributed by atoms with E-state index in [4.69, 9.17) is 4.74 Å². The van der Waals surface area contributed by atoms with Crippen LogP contribution >= 0.6 is 0 Å². The number of benzene rings is 1. The zero-order valence-electron chi connectivity index (χ0n) is 11.0. The molecule has 3 heteroatoms. The molecule has 1 saturated carbocycles. The number of rotatable bonds is 4. The van der Waals surface area contributed by atoms with Gasteiger partial charge in [0.2, 0.25) is 0 Å². The van der Waals surface area contributed by atoms with E-state index in [1.165, 1.54) is 0 Å². The molecule has 1 aliphatic rings. The lowest BCUT2D eigenvalue weighted by Gasteiger charge is -2.06. The number of esters is 1. The zero-order chi connectivity index (χ0) is 13.3. The summed E-state index contributed by atoms with van der Waals surface area (Å²) in [6, 6.07) is 5.52. The van der Waals surface area contributed by atoms with Gasteiger partial charge in [-0.1, -0.05) is 19.1 Å². The van der Waals surface area contributed by atoms with E-state index in [-0.39, 0.29) is 24.3 Å². The number of carbonyl (C=O) groups is 2. The molecule has 2 unspecified atom stereocenters. The van der Waals surface area contributed by atoms with Crippen molar-refractivity contribution in [3.05, 3.63) is 34.9 Å². The molecule has 2 atom stereocenters. The molecule has 0 spiro atoms. The molecule has 0 saturated heterocycles. The number of ketones is 1. The van der Waals surface area contributed by atoms with Gasteiger partial charge in [-0.25, -0.2) is 0 Å². The van der Waals surface area contributed by atoms with Crippen molar-refractivity contribution in [1.82, 2.24) is 0 Å². The Morgan fingerprint density at radius 3 is 2.50 bits per heavy atom. The molecule has 0 heterocycles. The van der Waals surface area contributed by atoms with E-state index >= 15 is 0 Å². The maximum atomic E-state index is 11.9. The molecule has 2 rings (SSSR count). The second-order valence-electron chi connectivity index (χ2n) is 5.15. The van der Waals surface area contributed by atoms with Crippen molar-refractivity contribution in [2.24, 2.45) is 11.8 Å². The fourth-order valence-electron chi connectivity index (χ4n) is 1.89.